The van der Waals surface area contributed by atoms with E-state index in [9.17, 15) is 5.11 Å². The summed E-state index contributed by atoms with van der Waals surface area (Å²) < 4.78 is 16.5. The number of benzene rings is 1. The van der Waals surface area contributed by atoms with Gasteiger partial charge in [0, 0.05) is 12.0 Å². The number of methoxy groups -OCH3 is 2. The van der Waals surface area contributed by atoms with Gasteiger partial charge < -0.3 is 25.1 Å². The lowest BCUT2D eigenvalue weighted by Gasteiger charge is -2.38. The quantitative estimate of drug-likeness (QED) is 0.863. The number of ether oxygens (including phenoxy) is 3. The van der Waals surface area contributed by atoms with Gasteiger partial charge in [-0.05, 0) is 37.0 Å². The molecule has 2 bridgehead atoms. The number of hydrogen-bond acceptors (Lipinski definition) is 5. The van der Waals surface area contributed by atoms with E-state index in [1.165, 1.54) is 0 Å². The molecule has 0 spiro atoms. The first-order valence-corrected chi connectivity index (χ1v) is 7.40. The van der Waals surface area contributed by atoms with Crippen molar-refractivity contribution in [2.45, 2.75) is 37.6 Å². The predicted molar refractivity (Wildman–Crippen MR) is 78.5 cm³/mol. The standard InChI is InChI=1S/C16H23NO4/c1-19-12-5-3-10(7-13(12)20-2)15(18)16(9-17)8-11-4-6-14(16)21-11/h3,5,7,11,14-15,18H,4,6,8-9,17H2,1-2H3. The summed E-state index contributed by atoms with van der Waals surface area (Å²) in [4.78, 5) is 0. The third-order valence-electron chi connectivity index (χ3n) is 5.00. The molecule has 2 heterocycles. The van der Waals surface area contributed by atoms with Gasteiger partial charge in [-0.25, -0.2) is 0 Å². The number of aliphatic hydroxyl groups excluding tert-OH is 1. The summed E-state index contributed by atoms with van der Waals surface area (Å²) >= 11 is 0. The molecular weight excluding hydrogens is 270 g/mol. The predicted octanol–water partition coefficient (Wildman–Crippen LogP) is 1.63. The fraction of sp³-hybridized carbons (Fsp3) is 0.625. The second-order valence-corrected chi connectivity index (χ2v) is 5.98. The minimum absolute atomic E-state index is 0.0515. The minimum atomic E-state index is -0.655. The summed E-state index contributed by atoms with van der Waals surface area (Å²) in [5, 5.41) is 10.9. The van der Waals surface area contributed by atoms with Gasteiger partial charge in [0.2, 0.25) is 0 Å². The van der Waals surface area contributed by atoms with Crippen molar-refractivity contribution in [1.29, 1.82) is 0 Å². The maximum absolute atomic E-state index is 10.9. The van der Waals surface area contributed by atoms with Crippen LogP contribution in [0.4, 0.5) is 0 Å². The third-order valence-corrected chi connectivity index (χ3v) is 5.00. The molecule has 3 N–H and O–H groups in total. The van der Waals surface area contributed by atoms with Gasteiger partial charge in [0.05, 0.1) is 32.5 Å². The normalized spacial score (nSPS) is 32.2. The van der Waals surface area contributed by atoms with E-state index in [0.717, 1.165) is 24.8 Å². The van der Waals surface area contributed by atoms with E-state index in [1.807, 2.05) is 18.2 Å². The highest BCUT2D eigenvalue weighted by atomic mass is 16.5. The third kappa shape index (κ3) is 2.20. The minimum Gasteiger partial charge on any atom is -0.493 e. The highest BCUT2D eigenvalue weighted by Crippen LogP contribution is 2.54. The average molecular weight is 293 g/mol. The lowest BCUT2D eigenvalue weighted by molar-refractivity contribution is -0.0265. The van der Waals surface area contributed by atoms with Crippen LogP contribution in [0.15, 0.2) is 18.2 Å². The maximum Gasteiger partial charge on any atom is 0.161 e. The summed E-state index contributed by atoms with van der Waals surface area (Å²) in [6.45, 7) is 0.420. The van der Waals surface area contributed by atoms with Gasteiger partial charge in [0.1, 0.15) is 0 Å². The zero-order valence-corrected chi connectivity index (χ0v) is 12.5. The second kappa shape index (κ2) is 5.48. The van der Waals surface area contributed by atoms with Crippen LogP contribution < -0.4 is 15.2 Å². The van der Waals surface area contributed by atoms with Crippen molar-refractivity contribution in [3.63, 3.8) is 0 Å². The van der Waals surface area contributed by atoms with Crippen LogP contribution in [0.25, 0.3) is 0 Å². The fourth-order valence-electron chi connectivity index (χ4n) is 3.80. The zero-order valence-electron chi connectivity index (χ0n) is 12.5. The molecular formula is C16H23NO4. The van der Waals surface area contributed by atoms with E-state index < -0.39 is 6.10 Å². The molecule has 0 aromatic heterocycles. The van der Waals surface area contributed by atoms with E-state index in [-0.39, 0.29) is 17.6 Å². The number of hydrogen-bond donors (Lipinski definition) is 2. The van der Waals surface area contributed by atoms with Gasteiger partial charge >= 0.3 is 0 Å². The highest BCUT2D eigenvalue weighted by molar-refractivity contribution is 5.44. The molecule has 1 aromatic carbocycles. The molecule has 3 rings (SSSR count). The van der Waals surface area contributed by atoms with E-state index in [4.69, 9.17) is 19.9 Å². The largest absolute Gasteiger partial charge is 0.493 e. The van der Waals surface area contributed by atoms with Gasteiger partial charge in [-0.2, -0.15) is 0 Å². The van der Waals surface area contributed by atoms with Crippen LogP contribution in [0.1, 0.15) is 30.9 Å². The Balaban J connectivity index is 1.92. The van der Waals surface area contributed by atoms with Crippen molar-refractivity contribution in [2.75, 3.05) is 20.8 Å². The van der Waals surface area contributed by atoms with Gasteiger partial charge in [0.25, 0.3) is 0 Å². The molecule has 2 fully saturated rings. The molecule has 5 heteroatoms. The van der Waals surface area contributed by atoms with Crippen molar-refractivity contribution < 1.29 is 19.3 Å². The molecule has 0 saturated carbocycles. The first-order chi connectivity index (χ1) is 10.1. The molecule has 2 aliphatic heterocycles. The lowest BCUT2D eigenvalue weighted by Crippen LogP contribution is -2.44. The number of fused-ring (bicyclic) bond motifs is 2. The Hall–Kier alpha value is -1.30. The molecule has 0 amide bonds. The highest BCUT2D eigenvalue weighted by Gasteiger charge is 2.55. The van der Waals surface area contributed by atoms with E-state index in [0.29, 0.717) is 18.0 Å². The van der Waals surface area contributed by atoms with Crippen LogP contribution in [-0.2, 0) is 4.74 Å². The topological polar surface area (TPSA) is 73.9 Å². The van der Waals surface area contributed by atoms with E-state index in [1.54, 1.807) is 14.2 Å². The van der Waals surface area contributed by atoms with E-state index in [2.05, 4.69) is 0 Å². The number of rotatable bonds is 5. The van der Waals surface area contributed by atoms with Crippen molar-refractivity contribution in [3.05, 3.63) is 23.8 Å². The van der Waals surface area contributed by atoms with Crippen LogP contribution in [0.2, 0.25) is 0 Å². The second-order valence-electron chi connectivity index (χ2n) is 5.98. The Labute approximate surface area is 125 Å². The molecule has 5 nitrogen and oxygen atoms in total. The first kappa shape index (κ1) is 14.6. The summed E-state index contributed by atoms with van der Waals surface area (Å²) in [7, 11) is 3.19. The summed E-state index contributed by atoms with van der Waals surface area (Å²) in [6, 6.07) is 5.51. The number of aliphatic hydroxyl groups is 1. The summed E-state index contributed by atoms with van der Waals surface area (Å²) in [5.74, 6) is 1.27. The molecule has 2 aliphatic rings. The van der Waals surface area contributed by atoms with Crippen molar-refractivity contribution in [2.24, 2.45) is 11.1 Å². The molecule has 0 aliphatic carbocycles. The molecule has 21 heavy (non-hydrogen) atoms. The molecule has 2 saturated heterocycles. The van der Waals surface area contributed by atoms with Crippen molar-refractivity contribution in [1.82, 2.24) is 0 Å². The van der Waals surface area contributed by atoms with Crippen molar-refractivity contribution >= 4 is 0 Å². The molecule has 4 atom stereocenters. The monoisotopic (exact) mass is 293 g/mol. The van der Waals surface area contributed by atoms with Crippen LogP contribution >= 0.6 is 0 Å². The first-order valence-electron chi connectivity index (χ1n) is 7.40. The molecule has 4 unspecified atom stereocenters. The van der Waals surface area contributed by atoms with E-state index >= 15 is 0 Å². The summed E-state index contributed by atoms with van der Waals surface area (Å²) in [6.07, 6.45) is 2.52. The Morgan fingerprint density at radius 3 is 2.62 bits per heavy atom. The maximum atomic E-state index is 10.9. The number of nitrogens with two attached hydrogens (primary N) is 1. The van der Waals surface area contributed by atoms with Crippen LogP contribution in [-0.4, -0.2) is 38.1 Å². The van der Waals surface area contributed by atoms with Crippen LogP contribution in [0.3, 0.4) is 0 Å². The van der Waals surface area contributed by atoms with Crippen LogP contribution in [0.5, 0.6) is 11.5 Å². The lowest BCUT2D eigenvalue weighted by atomic mass is 9.68. The SMILES string of the molecule is COc1ccc(C(O)C2(CN)CC3CCC2O3)cc1OC. The average Bonchev–Trinajstić information content (AvgIpc) is 3.14. The Kier molecular flexibility index (Phi) is 3.82. The molecule has 0 radical (unpaired) electrons. The molecule has 1 aromatic rings. The Morgan fingerprint density at radius 1 is 1.33 bits per heavy atom. The van der Waals surface area contributed by atoms with Crippen LogP contribution in [0, 0.1) is 5.41 Å². The van der Waals surface area contributed by atoms with Gasteiger partial charge in [-0.1, -0.05) is 6.07 Å². The van der Waals surface area contributed by atoms with Gasteiger partial charge in [-0.3, -0.25) is 0 Å². The zero-order chi connectivity index (χ0) is 15.0. The molecule has 116 valence electrons. The smallest absolute Gasteiger partial charge is 0.161 e. The Morgan fingerprint density at radius 2 is 2.10 bits per heavy atom. The fourth-order valence-corrected chi connectivity index (χ4v) is 3.80. The van der Waals surface area contributed by atoms with Gasteiger partial charge in [-0.15, -0.1) is 0 Å². The van der Waals surface area contributed by atoms with Crippen molar-refractivity contribution in [3.8, 4) is 11.5 Å². The Bertz CT molecular complexity index is 521. The van der Waals surface area contributed by atoms with Gasteiger partial charge in [0.15, 0.2) is 11.5 Å². The summed E-state index contributed by atoms with van der Waals surface area (Å²) in [5.41, 5.74) is 6.44.